The van der Waals surface area contributed by atoms with E-state index in [1.54, 1.807) is 29.8 Å². The second-order valence-corrected chi connectivity index (χ2v) is 7.21. The molecule has 3 aromatic rings. The summed E-state index contributed by atoms with van der Waals surface area (Å²) in [4.78, 5) is 36.4. The molecule has 0 aliphatic heterocycles. The molecule has 8 nitrogen and oxygen atoms in total. The number of hydrogen-bond donors (Lipinski definition) is 2. The van der Waals surface area contributed by atoms with Gasteiger partial charge in [-0.1, -0.05) is 6.92 Å². The van der Waals surface area contributed by atoms with Crippen LogP contribution in [0.25, 0.3) is 15.9 Å². The number of nitrogens with zero attached hydrogens (tertiary/aromatic N) is 2. The summed E-state index contributed by atoms with van der Waals surface area (Å²) in [5, 5.41) is 9.75. The van der Waals surface area contributed by atoms with Gasteiger partial charge in [0.1, 0.15) is 15.5 Å². The van der Waals surface area contributed by atoms with Crippen LogP contribution in [-0.4, -0.2) is 40.8 Å². The minimum Gasteiger partial charge on any atom is -0.451 e. The third kappa shape index (κ3) is 4.77. The number of rotatable bonds is 6. The molecule has 2 N–H and O–H groups in total. The maximum absolute atomic E-state index is 13.2. The normalized spacial score (nSPS) is 10.7. The first kappa shape index (κ1) is 20.5. The minimum atomic E-state index is -0.721. The van der Waals surface area contributed by atoms with Gasteiger partial charge in [-0.3, -0.25) is 10.1 Å². The molecule has 0 aliphatic carbocycles. The summed E-state index contributed by atoms with van der Waals surface area (Å²) in [5.74, 6) is -1.76. The first-order chi connectivity index (χ1) is 13.9. The number of thiophene rings is 1. The van der Waals surface area contributed by atoms with Crippen molar-refractivity contribution in [3.63, 3.8) is 0 Å². The van der Waals surface area contributed by atoms with Crippen LogP contribution in [0.15, 0.2) is 30.3 Å². The minimum absolute atomic E-state index is 0.291. The number of halogens is 1. The van der Waals surface area contributed by atoms with Gasteiger partial charge < -0.3 is 10.1 Å². The average molecular weight is 418 g/mol. The highest BCUT2D eigenvalue weighted by Gasteiger charge is 2.19. The Morgan fingerprint density at radius 1 is 1.24 bits per heavy atom. The van der Waals surface area contributed by atoms with E-state index >= 15 is 0 Å². The summed E-state index contributed by atoms with van der Waals surface area (Å²) in [5.41, 5.74) is 1.36. The predicted octanol–water partition coefficient (Wildman–Crippen LogP) is 2.93. The Labute approximate surface area is 169 Å². The number of amides is 3. The molecule has 0 aliphatic rings. The second-order valence-electron chi connectivity index (χ2n) is 6.18. The first-order valence-electron chi connectivity index (χ1n) is 8.89. The number of carbonyl (C=O) groups excluding carboxylic acids is 3. The summed E-state index contributed by atoms with van der Waals surface area (Å²) in [6.07, 6.45) is 0.733. The molecule has 1 aromatic carbocycles. The van der Waals surface area contributed by atoms with Crippen LogP contribution in [0, 0.1) is 12.7 Å². The van der Waals surface area contributed by atoms with E-state index in [9.17, 15) is 18.8 Å². The fourth-order valence-corrected chi connectivity index (χ4v) is 3.63. The van der Waals surface area contributed by atoms with E-state index in [2.05, 4.69) is 15.7 Å². The monoisotopic (exact) mass is 418 g/mol. The lowest BCUT2D eigenvalue weighted by Crippen LogP contribution is -2.41. The van der Waals surface area contributed by atoms with Crippen molar-refractivity contribution in [2.75, 3.05) is 13.2 Å². The summed E-state index contributed by atoms with van der Waals surface area (Å²) < 4.78 is 19.8. The largest absolute Gasteiger partial charge is 0.451 e. The van der Waals surface area contributed by atoms with Crippen LogP contribution in [0.2, 0.25) is 0 Å². The quantitative estimate of drug-likeness (QED) is 0.599. The molecule has 0 bridgehead atoms. The zero-order chi connectivity index (χ0) is 21.0. The molecule has 0 saturated carbocycles. The van der Waals surface area contributed by atoms with Crippen molar-refractivity contribution in [2.24, 2.45) is 0 Å². The van der Waals surface area contributed by atoms with Crippen molar-refractivity contribution in [3.05, 3.63) is 46.7 Å². The molecule has 3 amide bonds. The number of imide groups is 1. The fraction of sp³-hybridized carbons (Fsp3) is 0.263. The Bertz CT molecular complexity index is 1060. The molecule has 3 rings (SSSR count). The van der Waals surface area contributed by atoms with E-state index in [-0.39, 0.29) is 5.82 Å². The van der Waals surface area contributed by atoms with Gasteiger partial charge in [-0.25, -0.2) is 18.7 Å². The van der Waals surface area contributed by atoms with Crippen LogP contribution in [0.4, 0.5) is 9.18 Å². The summed E-state index contributed by atoms with van der Waals surface area (Å²) in [7, 11) is 0. The Morgan fingerprint density at radius 3 is 2.66 bits per heavy atom. The summed E-state index contributed by atoms with van der Waals surface area (Å²) in [6.45, 7) is 3.54. The average Bonchev–Trinajstić information content (AvgIpc) is 3.26. The number of aryl methyl sites for hydroxylation is 1. The van der Waals surface area contributed by atoms with E-state index in [1.807, 2.05) is 6.92 Å². The number of esters is 1. The number of ether oxygens (including phenoxy) is 1. The molecular formula is C19H19FN4O4S. The van der Waals surface area contributed by atoms with Crippen LogP contribution < -0.4 is 10.6 Å². The van der Waals surface area contributed by atoms with Gasteiger partial charge in [-0.2, -0.15) is 5.10 Å². The molecule has 0 saturated heterocycles. The van der Waals surface area contributed by atoms with Crippen molar-refractivity contribution in [2.45, 2.75) is 20.3 Å². The van der Waals surface area contributed by atoms with Crippen LogP contribution >= 0.6 is 11.3 Å². The molecule has 10 heteroatoms. The second kappa shape index (κ2) is 8.82. The molecule has 0 unspecified atom stereocenters. The van der Waals surface area contributed by atoms with Crippen molar-refractivity contribution in [1.82, 2.24) is 20.4 Å². The Balaban J connectivity index is 1.69. The van der Waals surface area contributed by atoms with Gasteiger partial charge >= 0.3 is 12.0 Å². The van der Waals surface area contributed by atoms with E-state index in [1.165, 1.54) is 12.1 Å². The number of urea groups is 1. The highest BCUT2D eigenvalue weighted by molar-refractivity contribution is 7.20. The van der Waals surface area contributed by atoms with Crippen LogP contribution in [0.3, 0.4) is 0 Å². The van der Waals surface area contributed by atoms with E-state index in [4.69, 9.17) is 4.74 Å². The molecule has 152 valence electrons. The van der Waals surface area contributed by atoms with Gasteiger partial charge in [0.05, 0.1) is 11.4 Å². The number of benzene rings is 1. The number of nitrogens with one attached hydrogen (secondary N) is 2. The predicted molar refractivity (Wildman–Crippen MR) is 106 cm³/mol. The maximum Gasteiger partial charge on any atom is 0.348 e. The number of aromatic nitrogens is 2. The van der Waals surface area contributed by atoms with Gasteiger partial charge in [0.15, 0.2) is 6.61 Å². The van der Waals surface area contributed by atoms with Gasteiger partial charge in [-0.15, -0.1) is 11.3 Å². The Hall–Kier alpha value is -3.27. The molecule has 2 aromatic heterocycles. The highest BCUT2D eigenvalue weighted by Crippen LogP contribution is 2.30. The van der Waals surface area contributed by atoms with Crippen LogP contribution in [-0.2, 0) is 9.53 Å². The van der Waals surface area contributed by atoms with Gasteiger partial charge in [0, 0.05) is 11.9 Å². The third-order valence-corrected chi connectivity index (χ3v) is 5.03. The lowest BCUT2D eigenvalue weighted by Gasteiger charge is -2.06. The molecular weight excluding hydrogens is 399 g/mol. The number of carbonyl (C=O) groups is 3. The summed E-state index contributed by atoms with van der Waals surface area (Å²) in [6, 6.07) is 6.84. The topological polar surface area (TPSA) is 102 Å². The third-order valence-electron chi connectivity index (χ3n) is 3.94. The van der Waals surface area contributed by atoms with Crippen LogP contribution in [0.5, 0.6) is 0 Å². The van der Waals surface area contributed by atoms with Crippen LogP contribution in [0.1, 0.15) is 28.7 Å². The van der Waals surface area contributed by atoms with Crippen molar-refractivity contribution < 1.29 is 23.5 Å². The summed E-state index contributed by atoms with van der Waals surface area (Å²) >= 11 is 1.15. The SMILES string of the molecule is CCCNC(=O)NC(=O)COC(=O)c1cc2c(C)nn(-c3ccc(F)cc3)c2s1. The molecule has 0 atom stereocenters. The van der Waals surface area contributed by atoms with Crippen molar-refractivity contribution in [1.29, 1.82) is 0 Å². The molecule has 0 fully saturated rings. The maximum atomic E-state index is 13.2. The van der Waals surface area contributed by atoms with Crippen molar-refractivity contribution in [3.8, 4) is 5.69 Å². The lowest BCUT2D eigenvalue weighted by atomic mass is 10.3. The van der Waals surface area contributed by atoms with Gasteiger partial charge in [-0.05, 0) is 43.7 Å². The molecule has 0 radical (unpaired) electrons. The highest BCUT2D eigenvalue weighted by atomic mass is 32.1. The van der Waals surface area contributed by atoms with Crippen molar-refractivity contribution >= 4 is 39.5 Å². The van der Waals surface area contributed by atoms with E-state index in [0.29, 0.717) is 27.6 Å². The standard InChI is InChI=1S/C19H19FN4O4S/c1-3-8-21-19(27)22-16(25)10-28-18(26)15-9-14-11(2)23-24(17(14)29-15)13-6-4-12(20)5-7-13/h4-7,9H,3,8,10H2,1-2H3,(H2,21,22,25,27). The number of fused-ring (bicyclic) bond motifs is 1. The van der Waals surface area contributed by atoms with E-state index in [0.717, 1.165) is 23.1 Å². The van der Waals surface area contributed by atoms with Gasteiger partial charge in [0.2, 0.25) is 0 Å². The lowest BCUT2D eigenvalue weighted by molar-refractivity contribution is -0.123. The van der Waals surface area contributed by atoms with E-state index < -0.39 is 24.5 Å². The fourth-order valence-electron chi connectivity index (χ4n) is 2.55. The Kier molecular flexibility index (Phi) is 6.23. The zero-order valence-electron chi connectivity index (χ0n) is 15.8. The molecule has 0 spiro atoms. The number of hydrogen-bond acceptors (Lipinski definition) is 6. The zero-order valence-corrected chi connectivity index (χ0v) is 16.6. The molecule has 2 heterocycles. The first-order valence-corrected chi connectivity index (χ1v) is 9.70. The smallest absolute Gasteiger partial charge is 0.348 e. The van der Waals surface area contributed by atoms with Gasteiger partial charge in [0.25, 0.3) is 5.91 Å². The molecule has 29 heavy (non-hydrogen) atoms. The Morgan fingerprint density at radius 2 is 1.97 bits per heavy atom.